The molecule has 1 atom stereocenters. The fourth-order valence-electron chi connectivity index (χ4n) is 2.10. The Morgan fingerprint density at radius 2 is 2.15 bits per heavy atom. The lowest BCUT2D eigenvalue weighted by molar-refractivity contribution is 0.0697. The lowest BCUT2D eigenvalue weighted by Gasteiger charge is -2.15. The van der Waals surface area contributed by atoms with Crippen molar-refractivity contribution in [2.75, 3.05) is 5.32 Å². The van der Waals surface area contributed by atoms with Crippen LogP contribution in [0.5, 0.6) is 0 Å². The molecule has 2 amide bonds. The summed E-state index contributed by atoms with van der Waals surface area (Å²) in [6.07, 6.45) is 3.33. The van der Waals surface area contributed by atoms with E-state index in [1.165, 1.54) is 18.9 Å². The number of hydrogen-bond donors (Lipinski definition) is 3. The molecule has 0 bridgehead atoms. The van der Waals surface area contributed by atoms with Gasteiger partial charge < -0.3 is 15.7 Å². The van der Waals surface area contributed by atoms with Crippen LogP contribution in [0.15, 0.2) is 18.2 Å². The van der Waals surface area contributed by atoms with Crippen LogP contribution >= 0.6 is 0 Å². The lowest BCUT2D eigenvalue weighted by atomic mass is 10.1. The molecule has 0 heterocycles. The Morgan fingerprint density at radius 1 is 1.45 bits per heavy atom. The van der Waals surface area contributed by atoms with Crippen LogP contribution in [0.1, 0.15) is 36.5 Å². The highest BCUT2D eigenvalue weighted by atomic mass is 19.1. The summed E-state index contributed by atoms with van der Waals surface area (Å²) >= 11 is 0. The topological polar surface area (TPSA) is 78.4 Å². The van der Waals surface area contributed by atoms with Crippen LogP contribution in [-0.2, 0) is 0 Å². The number of benzene rings is 1. The van der Waals surface area contributed by atoms with E-state index in [1.807, 2.05) is 6.92 Å². The first-order valence-corrected chi connectivity index (χ1v) is 6.56. The second-order valence-corrected chi connectivity index (χ2v) is 5.17. The van der Waals surface area contributed by atoms with Crippen molar-refractivity contribution in [2.24, 2.45) is 5.92 Å². The summed E-state index contributed by atoms with van der Waals surface area (Å²) in [5.74, 6) is -1.26. The molecular formula is C14H17FN2O3. The number of rotatable bonds is 5. The molecule has 0 saturated heterocycles. The first kappa shape index (κ1) is 14.3. The second-order valence-electron chi connectivity index (χ2n) is 5.17. The Hall–Kier alpha value is -2.11. The fraction of sp³-hybridized carbons (Fsp3) is 0.429. The molecule has 1 unspecified atom stereocenters. The average Bonchev–Trinajstić information content (AvgIpc) is 3.14. The maximum atomic E-state index is 13.0. The van der Waals surface area contributed by atoms with Crippen molar-refractivity contribution in [3.8, 4) is 0 Å². The van der Waals surface area contributed by atoms with Gasteiger partial charge in [-0.25, -0.2) is 14.0 Å². The monoisotopic (exact) mass is 280 g/mol. The summed E-state index contributed by atoms with van der Waals surface area (Å²) in [6, 6.07) is 2.77. The number of urea groups is 1. The van der Waals surface area contributed by atoms with Crippen molar-refractivity contribution >= 4 is 17.7 Å². The summed E-state index contributed by atoms with van der Waals surface area (Å²) < 4.78 is 13.0. The van der Waals surface area contributed by atoms with E-state index in [-0.39, 0.29) is 17.3 Å². The molecule has 5 nitrogen and oxygen atoms in total. The van der Waals surface area contributed by atoms with Gasteiger partial charge in [-0.1, -0.05) is 12.8 Å². The molecule has 1 fully saturated rings. The van der Waals surface area contributed by atoms with Gasteiger partial charge in [0, 0.05) is 6.04 Å². The van der Waals surface area contributed by atoms with Gasteiger partial charge in [-0.2, -0.15) is 0 Å². The summed E-state index contributed by atoms with van der Waals surface area (Å²) in [7, 11) is 0. The first-order chi connectivity index (χ1) is 9.45. The number of anilines is 1. The molecule has 2 rings (SSSR count). The van der Waals surface area contributed by atoms with E-state index in [0.717, 1.165) is 18.6 Å². The molecule has 0 aliphatic heterocycles. The molecular weight excluding hydrogens is 263 g/mol. The van der Waals surface area contributed by atoms with E-state index in [2.05, 4.69) is 10.6 Å². The SMILES string of the molecule is CC(CC1CC1)NC(=O)Nc1ccc(F)cc1C(=O)O. The highest BCUT2D eigenvalue weighted by molar-refractivity contribution is 6.00. The summed E-state index contributed by atoms with van der Waals surface area (Å²) in [6.45, 7) is 1.90. The summed E-state index contributed by atoms with van der Waals surface area (Å²) in [5.41, 5.74) is -0.190. The number of carbonyl (C=O) groups excluding carboxylic acids is 1. The van der Waals surface area contributed by atoms with Gasteiger partial charge in [0.2, 0.25) is 0 Å². The molecule has 108 valence electrons. The van der Waals surface area contributed by atoms with Crippen LogP contribution in [0.25, 0.3) is 0 Å². The third kappa shape index (κ3) is 3.94. The van der Waals surface area contributed by atoms with Crippen LogP contribution in [0, 0.1) is 11.7 Å². The van der Waals surface area contributed by atoms with Crippen molar-refractivity contribution < 1.29 is 19.1 Å². The number of carboxylic acid groups (broad SMARTS) is 1. The van der Waals surface area contributed by atoms with Gasteiger partial charge in [0.05, 0.1) is 11.3 Å². The number of aromatic carboxylic acids is 1. The normalized spacial score (nSPS) is 15.5. The number of hydrogen-bond acceptors (Lipinski definition) is 2. The standard InChI is InChI=1S/C14H17FN2O3/c1-8(6-9-2-3-9)16-14(20)17-12-5-4-10(15)7-11(12)13(18)19/h4-5,7-9H,2-3,6H2,1H3,(H,18,19)(H2,16,17,20). The van der Waals surface area contributed by atoms with Gasteiger partial charge in [-0.05, 0) is 37.5 Å². The molecule has 20 heavy (non-hydrogen) atoms. The summed E-state index contributed by atoms with van der Waals surface area (Å²) in [4.78, 5) is 22.8. The quantitative estimate of drug-likeness (QED) is 0.776. The van der Waals surface area contributed by atoms with Gasteiger partial charge in [-0.3, -0.25) is 0 Å². The summed E-state index contributed by atoms with van der Waals surface area (Å²) in [5, 5.41) is 14.2. The number of halogens is 1. The van der Waals surface area contributed by atoms with Crippen molar-refractivity contribution in [2.45, 2.75) is 32.2 Å². The molecule has 1 aromatic rings. The van der Waals surface area contributed by atoms with Crippen molar-refractivity contribution in [1.82, 2.24) is 5.32 Å². The van der Waals surface area contributed by atoms with Crippen LogP contribution in [0.3, 0.4) is 0 Å². The van der Waals surface area contributed by atoms with E-state index >= 15 is 0 Å². The number of carboxylic acids is 1. The largest absolute Gasteiger partial charge is 0.478 e. The molecule has 1 aromatic carbocycles. The van der Waals surface area contributed by atoms with Crippen molar-refractivity contribution in [1.29, 1.82) is 0 Å². The van der Waals surface area contributed by atoms with E-state index < -0.39 is 17.8 Å². The van der Waals surface area contributed by atoms with Crippen molar-refractivity contribution in [3.63, 3.8) is 0 Å². The Morgan fingerprint density at radius 3 is 2.75 bits per heavy atom. The van der Waals surface area contributed by atoms with Crippen LogP contribution < -0.4 is 10.6 Å². The Balaban J connectivity index is 1.97. The average molecular weight is 280 g/mol. The zero-order valence-electron chi connectivity index (χ0n) is 11.1. The highest BCUT2D eigenvalue weighted by Crippen LogP contribution is 2.33. The van der Waals surface area contributed by atoms with E-state index in [9.17, 15) is 14.0 Å². The van der Waals surface area contributed by atoms with Gasteiger partial charge in [0.15, 0.2) is 0 Å². The molecule has 0 spiro atoms. The third-order valence-corrected chi connectivity index (χ3v) is 3.22. The van der Waals surface area contributed by atoms with Gasteiger partial charge in [0.25, 0.3) is 0 Å². The molecule has 1 aliphatic rings. The van der Waals surface area contributed by atoms with E-state index in [4.69, 9.17) is 5.11 Å². The van der Waals surface area contributed by atoms with E-state index in [0.29, 0.717) is 5.92 Å². The first-order valence-electron chi connectivity index (χ1n) is 6.56. The van der Waals surface area contributed by atoms with Crippen molar-refractivity contribution in [3.05, 3.63) is 29.6 Å². The molecule has 0 radical (unpaired) electrons. The third-order valence-electron chi connectivity index (χ3n) is 3.22. The predicted molar refractivity (Wildman–Crippen MR) is 72.3 cm³/mol. The van der Waals surface area contributed by atoms with E-state index in [1.54, 1.807) is 0 Å². The minimum atomic E-state index is -1.29. The maximum absolute atomic E-state index is 13.0. The Labute approximate surface area is 116 Å². The number of carbonyl (C=O) groups is 2. The Kier molecular flexibility index (Phi) is 4.22. The molecule has 0 aromatic heterocycles. The number of amides is 2. The zero-order valence-corrected chi connectivity index (χ0v) is 11.1. The minimum Gasteiger partial charge on any atom is -0.478 e. The molecule has 1 aliphatic carbocycles. The maximum Gasteiger partial charge on any atom is 0.337 e. The smallest absolute Gasteiger partial charge is 0.337 e. The van der Waals surface area contributed by atoms with Crippen LogP contribution in [0.4, 0.5) is 14.9 Å². The van der Waals surface area contributed by atoms with Crippen LogP contribution in [-0.4, -0.2) is 23.1 Å². The van der Waals surface area contributed by atoms with Crippen LogP contribution in [0.2, 0.25) is 0 Å². The highest BCUT2D eigenvalue weighted by Gasteiger charge is 2.24. The fourth-order valence-corrected chi connectivity index (χ4v) is 2.10. The molecule has 1 saturated carbocycles. The molecule has 6 heteroatoms. The Bertz CT molecular complexity index is 529. The molecule has 3 N–H and O–H groups in total. The minimum absolute atomic E-state index is 0.0243. The lowest BCUT2D eigenvalue weighted by Crippen LogP contribution is -2.36. The van der Waals surface area contributed by atoms with Gasteiger partial charge >= 0.3 is 12.0 Å². The van der Waals surface area contributed by atoms with Gasteiger partial charge in [0.1, 0.15) is 5.82 Å². The van der Waals surface area contributed by atoms with Gasteiger partial charge in [-0.15, -0.1) is 0 Å². The zero-order chi connectivity index (χ0) is 14.7. The second kappa shape index (κ2) is 5.90. The number of nitrogens with one attached hydrogen (secondary N) is 2. The predicted octanol–water partition coefficient (Wildman–Crippen LogP) is 2.83.